The molecular weight excluding hydrogens is 265 g/mol. The van der Waals surface area contributed by atoms with Gasteiger partial charge >= 0.3 is 0 Å². The minimum atomic E-state index is 0.297. The quantitative estimate of drug-likeness (QED) is 0.701. The molecule has 0 aromatic heterocycles. The smallest absolute Gasteiger partial charge is 0.0640 e. The van der Waals surface area contributed by atoms with Gasteiger partial charge in [-0.15, -0.1) is 0 Å². The first kappa shape index (κ1) is 15.8. The molecule has 0 bridgehead atoms. The molecular formula is C15H23Cl2N. The van der Waals surface area contributed by atoms with Crippen molar-refractivity contribution >= 4 is 23.2 Å². The van der Waals surface area contributed by atoms with Gasteiger partial charge in [0.2, 0.25) is 0 Å². The van der Waals surface area contributed by atoms with E-state index < -0.39 is 0 Å². The fourth-order valence-corrected chi connectivity index (χ4v) is 2.78. The van der Waals surface area contributed by atoms with Gasteiger partial charge in [-0.1, -0.05) is 68.9 Å². The molecule has 0 saturated carbocycles. The molecule has 1 nitrogen and oxygen atoms in total. The number of hydrogen-bond donors (Lipinski definition) is 1. The van der Waals surface area contributed by atoms with Gasteiger partial charge in [0.15, 0.2) is 0 Å². The van der Waals surface area contributed by atoms with Crippen molar-refractivity contribution in [1.82, 2.24) is 5.32 Å². The highest BCUT2D eigenvalue weighted by atomic mass is 35.5. The summed E-state index contributed by atoms with van der Waals surface area (Å²) >= 11 is 12.5. The Labute approximate surface area is 121 Å². The third-order valence-electron chi connectivity index (χ3n) is 3.45. The van der Waals surface area contributed by atoms with Gasteiger partial charge in [-0.2, -0.15) is 0 Å². The van der Waals surface area contributed by atoms with E-state index >= 15 is 0 Å². The standard InChI is InChI=1S/C15H23Cl2N/c1-4-10-18-15(11(5-2)6-3)12-8-7-9-13(16)14(12)17/h7-9,11,15,18H,4-6,10H2,1-3H3. The lowest BCUT2D eigenvalue weighted by Gasteiger charge is -2.28. The average molecular weight is 288 g/mol. The molecule has 1 unspecified atom stereocenters. The van der Waals surface area contributed by atoms with Gasteiger partial charge in [0.25, 0.3) is 0 Å². The molecule has 102 valence electrons. The highest BCUT2D eigenvalue weighted by Crippen LogP contribution is 2.35. The molecule has 18 heavy (non-hydrogen) atoms. The second-order valence-corrected chi connectivity index (χ2v) is 5.44. The number of rotatable bonds is 7. The largest absolute Gasteiger partial charge is 0.310 e. The van der Waals surface area contributed by atoms with Crippen LogP contribution in [0.5, 0.6) is 0 Å². The van der Waals surface area contributed by atoms with E-state index in [4.69, 9.17) is 23.2 Å². The Morgan fingerprint density at radius 3 is 2.33 bits per heavy atom. The lowest BCUT2D eigenvalue weighted by Crippen LogP contribution is -2.29. The van der Waals surface area contributed by atoms with Crippen molar-refractivity contribution in [2.75, 3.05) is 6.54 Å². The van der Waals surface area contributed by atoms with E-state index in [-0.39, 0.29) is 0 Å². The summed E-state index contributed by atoms with van der Waals surface area (Å²) < 4.78 is 0. The SMILES string of the molecule is CCCNC(c1cccc(Cl)c1Cl)C(CC)CC. The van der Waals surface area contributed by atoms with Crippen LogP contribution in [0.3, 0.4) is 0 Å². The van der Waals surface area contributed by atoms with Gasteiger partial charge in [-0.05, 0) is 30.5 Å². The van der Waals surface area contributed by atoms with Crippen LogP contribution >= 0.6 is 23.2 Å². The van der Waals surface area contributed by atoms with E-state index in [0.29, 0.717) is 22.0 Å². The Kier molecular flexibility index (Phi) is 7.06. The van der Waals surface area contributed by atoms with Crippen molar-refractivity contribution in [3.8, 4) is 0 Å². The van der Waals surface area contributed by atoms with Crippen LogP contribution < -0.4 is 5.32 Å². The summed E-state index contributed by atoms with van der Waals surface area (Å²) in [5, 5.41) is 4.95. The molecule has 0 aliphatic carbocycles. The van der Waals surface area contributed by atoms with E-state index in [0.717, 1.165) is 31.4 Å². The Balaban J connectivity index is 3.04. The number of benzene rings is 1. The van der Waals surface area contributed by atoms with Gasteiger partial charge in [0.1, 0.15) is 0 Å². The van der Waals surface area contributed by atoms with Gasteiger partial charge in [-0.3, -0.25) is 0 Å². The normalized spacial score (nSPS) is 13.0. The summed E-state index contributed by atoms with van der Waals surface area (Å²) in [6.45, 7) is 7.64. The Hall–Kier alpha value is -0.240. The fourth-order valence-electron chi connectivity index (χ4n) is 2.35. The topological polar surface area (TPSA) is 12.0 Å². The predicted molar refractivity (Wildman–Crippen MR) is 81.6 cm³/mol. The summed E-state index contributed by atoms with van der Waals surface area (Å²) in [7, 11) is 0. The summed E-state index contributed by atoms with van der Waals surface area (Å²) in [6.07, 6.45) is 3.40. The molecule has 0 amide bonds. The van der Waals surface area contributed by atoms with E-state index in [2.05, 4.69) is 32.2 Å². The summed E-state index contributed by atoms with van der Waals surface area (Å²) in [6, 6.07) is 6.20. The Morgan fingerprint density at radius 2 is 1.78 bits per heavy atom. The molecule has 1 aromatic carbocycles. The zero-order valence-corrected chi connectivity index (χ0v) is 13.0. The summed E-state index contributed by atoms with van der Waals surface area (Å²) in [5.74, 6) is 0.590. The zero-order chi connectivity index (χ0) is 13.5. The molecule has 3 heteroatoms. The third-order valence-corrected chi connectivity index (χ3v) is 4.28. The predicted octanol–water partition coefficient (Wildman–Crippen LogP) is 5.47. The van der Waals surface area contributed by atoms with Crippen molar-refractivity contribution in [3.63, 3.8) is 0 Å². The van der Waals surface area contributed by atoms with E-state index in [1.807, 2.05) is 12.1 Å². The minimum absolute atomic E-state index is 0.297. The average Bonchev–Trinajstić information content (AvgIpc) is 2.38. The maximum atomic E-state index is 6.35. The van der Waals surface area contributed by atoms with Crippen molar-refractivity contribution in [1.29, 1.82) is 0 Å². The molecule has 0 radical (unpaired) electrons. The van der Waals surface area contributed by atoms with E-state index in [1.165, 1.54) is 0 Å². The lowest BCUT2D eigenvalue weighted by molar-refractivity contribution is 0.341. The van der Waals surface area contributed by atoms with Gasteiger partial charge in [0, 0.05) is 6.04 Å². The van der Waals surface area contributed by atoms with Crippen LogP contribution in [0.15, 0.2) is 18.2 Å². The maximum Gasteiger partial charge on any atom is 0.0640 e. The number of halogens is 2. The highest BCUT2D eigenvalue weighted by molar-refractivity contribution is 6.42. The number of nitrogens with one attached hydrogen (secondary N) is 1. The van der Waals surface area contributed by atoms with Crippen molar-refractivity contribution in [2.45, 2.75) is 46.1 Å². The lowest BCUT2D eigenvalue weighted by atomic mass is 9.88. The van der Waals surface area contributed by atoms with Crippen molar-refractivity contribution in [3.05, 3.63) is 33.8 Å². The molecule has 0 fully saturated rings. The summed E-state index contributed by atoms with van der Waals surface area (Å²) in [4.78, 5) is 0. The van der Waals surface area contributed by atoms with Crippen LogP contribution in [0.2, 0.25) is 10.0 Å². The first-order valence-electron chi connectivity index (χ1n) is 6.82. The Morgan fingerprint density at radius 1 is 1.11 bits per heavy atom. The third kappa shape index (κ3) is 3.88. The van der Waals surface area contributed by atoms with Crippen LogP contribution in [0.1, 0.15) is 51.6 Å². The second kappa shape index (κ2) is 8.04. The van der Waals surface area contributed by atoms with E-state index in [9.17, 15) is 0 Å². The monoisotopic (exact) mass is 287 g/mol. The van der Waals surface area contributed by atoms with Crippen LogP contribution in [0.25, 0.3) is 0 Å². The molecule has 0 spiro atoms. The molecule has 1 N–H and O–H groups in total. The van der Waals surface area contributed by atoms with Crippen LogP contribution in [0.4, 0.5) is 0 Å². The van der Waals surface area contributed by atoms with Gasteiger partial charge in [0.05, 0.1) is 10.0 Å². The van der Waals surface area contributed by atoms with Crippen LogP contribution in [-0.2, 0) is 0 Å². The van der Waals surface area contributed by atoms with Crippen LogP contribution in [0, 0.1) is 5.92 Å². The molecule has 0 heterocycles. The molecule has 1 rings (SSSR count). The number of hydrogen-bond acceptors (Lipinski definition) is 1. The fraction of sp³-hybridized carbons (Fsp3) is 0.600. The molecule has 1 atom stereocenters. The van der Waals surface area contributed by atoms with Crippen molar-refractivity contribution < 1.29 is 0 Å². The minimum Gasteiger partial charge on any atom is -0.310 e. The first-order chi connectivity index (χ1) is 8.65. The van der Waals surface area contributed by atoms with Gasteiger partial charge < -0.3 is 5.32 Å². The van der Waals surface area contributed by atoms with Crippen LogP contribution in [-0.4, -0.2) is 6.54 Å². The molecule has 0 aliphatic heterocycles. The Bertz CT molecular complexity index is 362. The first-order valence-corrected chi connectivity index (χ1v) is 7.58. The van der Waals surface area contributed by atoms with Crippen molar-refractivity contribution in [2.24, 2.45) is 5.92 Å². The summed E-state index contributed by atoms with van der Waals surface area (Å²) in [5.41, 5.74) is 1.13. The second-order valence-electron chi connectivity index (χ2n) is 4.65. The molecule has 0 saturated heterocycles. The maximum absolute atomic E-state index is 6.35. The van der Waals surface area contributed by atoms with E-state index in [1.54, 1.807) is 0 Å². The molecule has 1 aromatic rings. The zero-order valence-electron chi connectivity index (χ0n) is 11.5. The highest BCUT2D eigenvalue weighted by Gasteiger charge is 2.22. The van der Waals surface area contributed by atoms with Gasteiger partial charge in [-0.25, -0.2) is 0 Å². The molecule has 0 aliphatic rings.